The van der Waals surface area contributed by atoms with Crippen molar-refractivity contribution >= 4 is 6.16 Å². The Labute approximate surface area is 53.9 Å². The van der Waals surface area contributed by atoms with E-state index >= 15 is 0 Å². The number of carboxylic acid groups (broad SMARTS) is 1. The van der Waals surface area contributed by atoms with E-state index in [4.69, 9.17) is 5.11 Å². The Morgan fingerprint density at radius 2 is 2.22 bits per heavy atom. The zero-order valence-electron chi connectivity index (χ0n) is 5.55. The van der Waals surface area contributed by atoms with E-state index in [0.717, 1.165) is 0 Å². The summed E-state index contributed by atoms with van der Waals surface area (Å²) < 4.78 is 4.33. The van der Waals surface area contributed by atoms with Crippen molar-refractivity contribution in [2.24, 2.45) is 0 Å². The summed E-state index contributed by atoms with van der Waals surface area (Å²) in [7, 11) is 0. The average Bonchev–Trinajstić information content (AvgIpc) is 1.63. The van der Waals surface area contributed by atoms with Gasteiger partial charge >= 0.3 is 6.16 Å². The SMILES string of the molecule is C=C(C)C(C)OC(=O)O. The molecule has 1 unspecified atom stereocenters. The van der Waals surface area contributed by atoms with Crippen molar-refractivity contribution in [2.45, 2.75) is 20.0 Å². The van der Waals surface area contributed by atoms with Gasteiger partial charge in [0.25, 0.3) is 0 Å². The minimum Gasteiger partial charge on any atom is -0.450 e. The third-order valence-electron chi connectivity index (χ3n) is 0.972. The van der Waals surface area contributed by atoms with Gasteiger partial charge in [-0.25, -0.2) is 4.79 Å². The molecule has 0 amide bonds. The van der Waals surface area contributed by atoms with Crippen molar-refractivity contribution in [3.05, 3.63) is 12.2 Å². The van der Waals surface area contributed by atoms with Crippen LogP contribution in [0.4, 0.5) is 4.79 Å². The lowest BCUT2D eigenvalue weighted by Gasteiger charge is -2.08. The van der Waals surface area contributed by atoms with Crippen molar-refractivity contribution in [1.82, 2.24) is 0 Å². The van der Waals surface area contributed by atoms with Crippen LogP contribution in [0.3, 0.4) is 0 Å². The molecule has 0 rings (SSSR count). The first-order valence-corrected chi connectivity index (χ1v) is 2.59. The first-order valence-electron chi connectivity index (χ1n) is 2.59. The lowest BCUT2D eigenvalue weighted by molar-refractivity contribution is 0.0716. The van der Waals surface area contributed by atoms with Gasteiger partial charge < -0.3 is 9.84 Å². The van der Waals surface area contributed by atoms with Gasteiger partial charge in [-0.3, -0.25) is 0 Å². The van der Waals surface area contributed by atoms with E-state index in [1.165, 1.54) is 0 Å². The normalized spacial score (nSPS) is 12.2. The van der Waals surface area contributed by atoms with Gasteiger partial charge in [0.1, 0.15) is 6.10 Å². The molecule has 0 aromatic heterocycles. The van der Waals surface area contributed by atoms with Gasteiger partial charge in [-0.2, -0.15) is 0 Å². The molecule has 0 aromatic carbocycles. The first-order chi connectivity index (χ1) is 4.04. The fourth-order valence-corrected chi connectivity index (χ4v) is 0.252. The van der Waals surface area contributed by atoms with Crippen LogP contribution >= 0.6 is 0 Å². The highest BCUT2D eigenvalue weighted by molar-refractivity contribution is 5.57. The maximum atomic E-state index is 9.85. The van der Waals surface area contributed by atoms with Crippen LogP contribution in [0.25, 0.3) is 0 Å². The molecule has 3 heteroatoms. The van der Waals surface area contributed by atoms with Gasteiger partial charge in [-0.15, -0.1) is 0 Å². The van der Waals surface area contributed by atoms with E-state index < -0.39 is 12.3 Å². The molecule has 0 aliphatic carbocycles. The van der Waals surface area contributed by atoms with Crippen LogP contribution in [0.1, 0.15) is 13.8 Å². The molecule has 1 atom stereocenters. The predicted octanol–water partition coefficient (Wildman–Crippen LogP) is 1.65. The second-order valence-corrected chi connectivity index (χ2v) is 1.87. The molecule has 0 spiro atoms. The average molecular weight is 130 g/mol. The summed E-state index contributed by atoms with van der Waals surface area (Å²) in [6.07, 6.45) is -1.66. The fourth-order valence-electron chi connectivity index (χ4n) is 0.252. The Balaban J connectivity index is 3.63. The molecule has 0 heterocycles. The fraction of sp³-hybridized carbons (Fsp3) is 0.500. The lowest BCUT2D eigenvalue weighted by Crippen LogP contribution is -2.12. The van der Waals surface area contributed by atoms with Gasteiger partial charge in [0.2, 0.25) is 0 Å². The zero-order valence-corrected chi connectivity index (χ0v) is 5.55. The van der Waals surface area contributed by atoms with Crippen LogP contribution in [0.15, 0.2) is 12.2 Å². The Kier molecular flexibility index (Phi) is 2.78. The molecule has 0 saturated heterocycles. The van der Waals surface area contributed by atoms with Crippen LogP contribution in [0.2, 0.25) is 0 Å². The van der Waals surface area contributed by atoms with Crippen LogP contribution in [-0.4, -0.2) is 17.4 Å². The molecular weight excluding hydrogens is 120 g/mol. The molecule has 0 aromatic rings. The quantitative estimate of drug-likeness (QED) is 0.456. The molecule has 0 saturated carbocycles. The molecule has 0 radical (unpaired) electrons. The van der Waals surface area contributed by atoms with Crippen molar-refractivity contribution in [2.75, 3.05) is 0 Å². The summed E-state index contributed by atoms with van der Waals surface area (Å²) in [6.45, 7) is 6.87. The lowest BCUT2D eigenvalue weighted by atomic mass is 10.2. The van der Waals surface area contributed by atoms with Gasteiger partial charge in [-0.1, -0.05) is 6.58 Å². The number of ether oxygens (including phenoxy) is 1. The van der Waals surface area contributed by atoms with E-state index in [1.807, 2.05) is 0 Å². The highest BCUT2D eigenvalue weighted by Gasteiger charge is 2.05. The van der Waals surface area contributed by atoms with Gasteiger partial charge in [-0.05, 0) is 19.4 Å². The van der Waals surface area contributed by atoms with E-state index in [9.17, 15) is 4.79 Å². The van der Waals surface area contributed by atoms with Crippen molar-refractivity contribution < 1.29 is 14.6 Å². The largest absolute Gasteiger partial charge is 0.506 e. The monoisotopic (exact) mass is 130 g/mol. The summed E-state index contributed by atoms with van der Waals surface area (Å²) in [6, 6.07) is 0. The molecule has 0 fully saturated rings. The summed E-state index contributed by atoms with van der Waals surface area (Å²) in [4.78, 5) is 9.85. The summed E-state index contributed by atoms with van der Waals surface area (Å²) in [5.74, 6) is 0. The Hall–Kier alpha value is -0.990. The third-order valence-corrected chi connectivity index (χ3v) is 0.972. The summed E-state index contributed by atoms with van der Waals surface area (Å²) >= 11 is 0. The number of carbonyl (C=O) groups is 1. The van der Waals surface area contributed by atoms with E-state index in [-0.39, 0.29) is 0 Å². The second-order valence-electron chi connectivity index (χ2n) is 1.87. The molecule has 0 bridgehead atoms. The van der Waals surface area contributed by atoms with E-state index in [1.54, 1.807) is 13.8 Å². The first kappa shape index (κ1) is 8.01. The minimum absolute atomic E-state index is 0.400. The number of rotatable bonds is 2. The highest BCUT2D eigenvalue weighted by atomic mass is 16.7. The molecule has 0 aliphatic heterocycles. The topological polar surface area (TPSA) is 46.5 Å². The molecule has 3 nitrogen and oxygen atoms in total. The smallest absolute Gasteiger partial charge is 0.450 e. The molecule has 0 aliphatic rings. The molecule has 1 N–H and O–H groups in total. The van der Waals surface area contributed by atoms with Crippen molar-refractivity contribution in [3.8, 4) is 0 Å². The Morgan fingerprint density at radius 3 is 2.33 bits per heavy atom. The highest BCUT2D eigenvalue weighted by Crippen LogP contribution is 2.01. The number of hydrogen-bond donors (Lipinski definition) is 1. The van der Waals surface area contributed by atoms with Gasteiger partial charge in [0.15, 0.2) is 0 Å². The van der Waals surface area contributed by atoms with Crippen LogP contribution < -0.4 is 0 Å². The standard InChI is InChI=1S/C6H10O3/c1-4(2)5(3)9-6(7)8/h5H,1H2,2-3H3,(H,7,8). The number of hydrogen-bond acceptors (Lipinski definition) is 2. The van der Waals surface area contributed by atoms with Crippen molar-refractivity contribution in [3.63, 3.8) is 0 Å². The van der Waals surface area contributed by atoms with Crippen LogP contribution in [-0.2, 0) is 4.74 Å². The summed E-state index contributed by atoms with van der Waals surface area (Å²) in [5, 5.41) is 8.07. The Morgan fingerprint density at radius 1 is 1.78 bits per heavy atom. The zero-order chi connectivity index (χ0) is 7.44. The van der Waals surface area contributed by atoms with Gasteiger partial charge in [0.05, 0.1) is 0 Å². The minimum atomic E-state index is -1.26. The predicted molar refractivity (Wildman–Crippen MR) is 33.4 cm³/mol. The second kappa shape index (κ2) is 3.12. The Bertz CT molecular complexity index is 128. The van der Waals surface area contributed by atoms with E-state index in [0.29, 0.717) is 5.57 Å². The maximum absolute atomic E-state index is 9.85. The van der Waals surface area contributed by atoms with E-state index in [2.05, 4.69) is 11.3 Å². The van der Waals surface area contributed by atoms with Crippen molar-refractivity contribution in [1.29, 1.82) is 0 Å². The maximum Gasteiger partial charge on any atom is 0.506 e. The molecule has 52 valence electrons. The third kappa shape index (κ3) is 3.58. The molecular formula is C6H10O3. The van der Waals surface area contributed by atoms with Gasteiger partial charge in [0, 0.05) is 0 Å². The summed E-state index contributed by atoms with van der Waals surface area (Å²) in [5.41, 5.74) is 0.706. The van der Waals surface area contributed by atoms with Crippen LogP contribution in [0.5, 0.6) is 0 Å². The molecule has 9 heavy (non-hydrogen) atoms. The van der Waals surface area contributed by atoms with Crippen LogP contribution in [0, 0.1) is 0 Å².